The molecular formula is C14H19Cl2NO2SSi. The molecule has 0 aliphatic rings. The van der Waals surface area contributed by atoms with Crippen LogP contribution in [-0.4, -0.2) is 32.2 Å². The van der Waals surface area contributed by atoms with Gasteiger partial charge in [0.25, 0.3) is 10.0 Å². The molecule has 0 heterocycles. The van der Waals surface area contributed by atoms with Gasteiger partial charge in [-0.05, 0) is 30.8 Å². The van der Waals surface area contributed by atoms with Crippen LogP contribution in [0.5, 0.6) is 0 Å². The Morgan fingerprint density at radius 3 is 2.24 bits per heavy atom. The van der Waals surface area contributed by atoms with E-state index in [0.29, 0.717) is 0 Å². The molecule has 1 atom stereocenters. The molecule has 0 aliphatic carbocycles. The van der Waals surface area contributed by atoms with Crippen molar-refractivity contribution >= 4 is 41.5 Å². The van der Waals surface area contributed by atoms with Gasteiger partial charge in [0.2, 0.25) is 0 Å². The number of hydrogen-bond donors (Lipinski definition) is 0. The van der Waals surface area contributed by atoms with Crippen LogP contribution >= 0.6 is 23.4 Å². The topological polar surface area (TPSA) is 37.4 Å². The average molecular weight is 364 g/mol. The third kappa shape index (κ3) is 6.01. The number of sulfonamides is 1. The predicted octanol–water partition coefficient (Wildman–Crippen LogP) is 3.63. The molecule has 0 N–H and O–H groups in total. The third-order valence-electron chi connectivity index (χ3n) is 2.49. The largest absolute Gasteiger partial charge is 0.256 e. The van der Waals surface area contributed by atoms with Crippen molar-refractivity contribution < 1.29 is 8.42 Å². The maximum Gasteiger partial charge on any atom is 0.256 e. The lowest BCUT2D eigenvalue weighted by atomic mass is 10.2. The lowest BCUT2D eigenvalue weighted by Crippen LogP contribution is -2.28. The maximum absolute atomic E-state index is 12.3. The first-order valence-electron chi connectivity index (χ1n) is 6.44. The number of nitrogens with zero attached hydrogens (tertiary/aromatic N) is 1. The molecule has 0 saturated carbocycles. The summed E-state index contributed by atoms with van der Waals surface area (Å²) < 4.78 is 25.3. The smallest absolute Gasteiger partial charge is 0.206 e. The van der Waals surface area contributed by atoms with Crippen molar-refractivity contribution in [1.29, 1.82) is 0 Å². The lowest BCUT2D eigenvalue weighted by molar-refractivity contribution is 0.540. The van der Waals surface area contributed by atoms with E-state index in [-0.39, 0.29) is 11.4 Å². The van der Waals surface area contributed by atoms with Crippen LogP contribution in [-0.2, 0) is 10.0 Å². The van der Waals surface area contributed by atoms with Gasteiger partial charge in [0.1, 0.15) is 13.5 Å². The highest BCUT2D eigenvalue weighted by Gasteiger charge is 2.24. The van der Waals surface area contributed by atoms with Gasteiger partial charge in [-0.1, -0.05) is 43.3 Å². The molecule has 0 fully saturated rings. The first-order chi connectivity index (χ1) is 9.52. The fraction of sp³-hybridized carbons (Fsp3) is 0.429. The molecule has 0 aromatic heterocycles. The second kappa shape index (κ2) is 7.17. The summed E-state index contributed by atoms with van der Waals surface area (Å²) in [5, 5.41) is -0.630. The van der Waals surface area contributed by atoms with Crippen LogP contribution in [0.25, 0.3) is 0 Å². The van der Waals surface area contributed by atoms with Gasteiger partial charge in [0.15, 0.2) is 0 Å². The summed E-state index contributed by atoms with van der Waals surface area (Å²) in [6, 6.07) is 6.50. The molecule has 1 aromatic rings. The van der Waals surface area contributed by atoms with Crippen LogP contribution in [0.15, 0.2) is 29.2 Å². The van der Waals surface area contributed by atoms with Crippen LogP contribution in [0.4, 0.5) is 0 Å². The van der Waals surface area contributed by atoms with Crippen LogP contribution in [0.2, 0.25) is 19.6 Å². The number of benzene rings is 1. The van der Waals surface area contributed by atoms with Crippen LogP contribution in [0.3, 0.4) is 0 Å². The number of aryl methyl sites for hydroxylation is 1. The van der Waals surface area contributed by atoms with Crippen molar-refractivity contribution in [1.82, 2.24) is 3.82 Å². The van der Waals surface area contributed by atoms with Gasteiger partial charge in [-0.2, -0.15) is 0 Å². The molecule has 0 saturated heterocycles. The maximum atomic E-state index is 12.3. The van der Waals surface area contributed by atoms with Gasteiger partial charge in [-0.3, -0.25) is 0 Å². The Balaban J connectivity index is 2.84. The van der Waals surface area contributed by atoms with E-state index in [0.717, 1.165) is 9.39 Å². The molecule has 7 heteroatoms. The lowest BCUT2D eigenvalue weighted by Gasteiger charge is -2.15. The number of hydrogen-bond acceptors (Lipinski definition) is 2. The van der Waals surface area contributed by atoms with Gasteiger partial charge >= 0.3 is 0 Å². The van der Waals surface area contributed by atoms with E-state index in [1.165, 1.54) is 12.1 Å². The highest BCUT2D eigenvalue weighted by atomic mass is 35.5. The Kier molecular flexibility index (Phi) is 6.32. The number of rotatable bonds is 4. The minimum Gasteiger partial charge on any atom is -0.206 e. The second-order valence-corrected chi connectivity index (χ2v) is 13.5. The summed E-state index contributed by atoms with van der Waals surface area (Å²) in [5.74, 6) is 2.87. The third-order valence-corrected chi connectivity index (χ3v) is 5.85. The Hall–Kier alpha value is -0.513. The van der Waals surface area contributed by atoms with Crippen LogP contribution in [0.1, 0.15) is 5.56 Å². The summed E-state index contributed by atoms with van der Waals surface area (Å²) in [7, 11) is -5.29. The van der Waals surface area contributed by atoms with E-state index >= 15 is 0 Å². The highest BCUT2D eigenvalue weighted by Crippen LogP contribution is 2.19. The Morgan fingerprint density at radius 1 is 1.24 bits per heavy atom. The van der Waals surface area contributed by atoms with E-state index in [2.05, 4.69) is 31.1 Å². The molecule has 1 rings (SSSR count). The Labute approximate surface area is 138 Å². The fourth-order valence-corrected chi connectivity index (χ4v) is 3.86. The second-order valence-electron chi connectivity index (χ2n) is 5.78. The zero-order chi connectivity index (χ0) is 16.3. The first kappa shape index (κ1) is 18.5. The Morgan fingerprint density at radius 2 is 1.76 bits per heavy atom. The fourth-order valence-electron chi connectivity index (χ4n) is 1.39. The standard InChI is InChI=1S/C14H19Cl2NO2SSi/c1-12-5-7-14(8-6-12)20(18,19)17(16)11-13(15)9-10-21(2,3)4/h5-8,13H,11H2,1-4H3. The molecule has 0 amide bonds. The summed E-state index contributed by atoms with van der Waals surface area (Å²) in [5.41, 5.74) is 4.08. The van der Waals surface area contributed by atoms with Crippen molar-refractivity contribution in [2.75, 3.05) is 6.54 Å². The minimum atomic E-state index is -3.75. The van der Waals surface area contributed by atoms with Crippen molar-refractivity contribution in [3.8, 4) is 11.5 Å². The van der Waals surface area contributed by atoms with E-state index in [4.69, 9.17) is 23.4 Å². The highest BCUT2D eigenvalue weighted by molar-refractivity contribution is 7.90. The Bertz CT molecular complexity index is 642. The molecule has 116 valence electrons. The van der Waals surface area contributed by atoms with E-state index < -0.39 is 23.5 Å². The average Bonchev–Trinajstić information content (AvgIpc) is 2.36. The van der Waals surface area contributed by atoms with Gasteiger partial charge < -0.3 is 0 Å². The molecule has 1 unspecified atom stereocenters. The van der Waals surface area contributed by atoms with Crippen molar-refractivity contribution in [3.63, 3.8) is 0 Å². The summed E-state index contributed by atoms with van der Waals surface area (Å²) in [4.78, 5) is 0.144. The van der Waals surface area contributed by atoms with Crippen molar-refractivity contribution in [3.05, 3.63) is 29.8 Å². The van der Waals surface area contributed by atoms with Gasteiger partial charge in [0, 0.05) is 0 Å². The number of halogens is 2. The molecule has 1 aromatic carbocycles. The van der Waals surface area contributed by atoms with Crippen LogP contribution < -0.4 is 0 Å². The van der Waals surface area contributed by atoms with Gasteiger partial charge in [-0.15, -0.1) is 21.0 Å². The molecule has 0 spiro atoms. The molecule has 3 nitrogen and oxygen atoms in total. The monoisotopic (exact) mass is 363 g/mol. The molecule has 0 bridgehead atoms. The quantitative estimate of drug-likeness (QED) is 0.354. The molecule has 21 heavy (non-hydrogen) atoms. The SMILES string of the molecule is Cc1ccc(S(=O)(=O)N(Cl)CC(Cl)C#C[Si](C)(C)C)cc1. The van der Waals surface area contributed by atoms with E-state index in [1.54, 1.807) is 12.1 Å². The minimum absolute atomic E-state index is 0.0587. The van der Waals surface area contributed by atoms with Crippen LogP contribution in [0, 0.1) is 18.4 Å². The summed E-state index contributed by atoms with van der Waals surface area (Å²) in [6.45, 7) is 8.09. The van der Waals surface area contributed by atoms with E-state index in [1.807, 2.05) is 6.92 Å². The zero-order valence-electron chi connectivity index (χ0n) is 12.5. The van der Waals surface area contributed by atoms with E-state index in [9.17, 15) is 8.42 Å². The summed E-state index contributed by atoms with van der Waals surface area (Å²) >= 11 is 12.0. The van der Waals surface area contributed by atoms with Crippen molar-refractivity contribution in [2.24, 2.45) is 0 Å². The first-order valence-corrected chi connectivity index (χ1v) is 12.2. The van der Waals surface area contributed by atoms with Gasteiger partial charge in [-0.25, -0.2) is 8.42 Å². The van der Waals surface area contributed by atoms with Gasteiger partial charge in [0.05, 0.1) is 11.4 Å². The zero-order valence-corrected chi connectivity index (χ0v) is 15.9. The molecule has 0 aliphatic heterocycles. The molecule has 0 radical (unpaired) electrons. The normalized spacial score (nSPS) is 13.7. The predicted molar refractivity (Wildman–Crippen MR) is 91.7 cm³/mol. The van der Waals surface area contributed by atoms with Crippen molar-refractivity contribution in [2.45, 2.75) is 36.8 Å². The molecular weight excluding hydrogens is 345 g/mol. The number of alkyl halides is 1. The summed E-state index contributed by atoms with van der Waals surface area (Å²) in [6.07, 6.45) is 0.